The maximum Gasteiger partial charge on any atom is 0.254 e. The Labute approximate surface area is 126 Å². The summed E-state index contributed by atoms with van der Waals surface area (Å²) in [6, 6.07) is 6.36. The van der Waals surface area contributed by atoms with E-state index in [0.717, 1.165) is 38.5 Å². The molecule has 0 radical (unpaired) electrons. The van der Waals surface area contributed by atoms with Gasteiger partial charge in [-0.15, -0.1) is 0 Å². The first-order valence-electron chi connectivity index (χ1n) is 7.24. The molecule has 1 fully saturated rings. The first-order valence-corrected chi connectivity index (χ1v) is 9.14. The van der Waals surface area contributed by atoms with Crippen LogP contribution >= 0.6 is 0 Å². The van der Waals surface area contributed by atoms with E-state index in [4.69, 9.17) is 5.73 Å². The predicted octanol–water partition coefficient (Wildman–Crippen LogP) is 1.43. The molecule has 1 amide bonds. The Kier molecular flexibility index (Phi) is 5.00. The Morgan fingerprint density at radius 3 is 2.52 bits per heavy atom. The van der Waals surface area contributed by atoms with Gasteiger partial charge in [-0.1, -0.05) is 0 Å². The van der Waals surface area contributed by atoms with Gasteiger partial charge in [0.25, 0.3) is 5.91 Å². The number of benzene rings is 1. The minimum absolute atomic E-state index is 0.0341. The standard InChI is InChI=1S/C15H22N2O3S/c1-21(19,20)14-7-5-12(6-8-14)15(18)17-11-3-2-4-13(17)9-10-16/h5-8,13H,2-4,9-11,16H2,1H3. The van der Waals surface area contributed by atoms with Gasteiger partial charge in [0.2, 0.25) is 0 Å². The van der Waals surface area contributed by atoms with Crippen molar-refractivity contribution in [3.63, 3.8) is 0 Å². The van der Waals surface area contributed by atoms with Crippen molar-refractivity contribution in [3.05, 3.63) is 29.8 Å². The Hall–Kier alpha value is -1.40. The van der Waals surface area contributed by atoms with Crippen LogP contribution in [0.4, 0.5) is 0 Å². The van der Waals surface area contributed by atoms with Crippen LogP contribution in [0.2, 0.25) is 0 Å². The summed E-state index contributed by atoms with van der Waals surface area (Å²) in [7, 11) is -3.23. The molecule has 5 nitrogen and oxygen atoms in total. The molecule has 2 rings (SSSR count). The fraction of sp³-hybridized carbons (Fsp3) is 0.533. The molecule has 1 aliphatic rings. The third-order valence-electron chi connectivity index (χ3n) is 3.92. The number of nitrogens with two attached hydrogens (primary N) is 1. The second-order valence-corrected chi connectivity index (χ2v) is 7.54. The molecule has 1 saturated heterocycles. The van der Waals surface area contributed by atoms with Crippen LogP contribution in [0.3, 0.4) is 0 Å². The summed E-state index contributed by atoms with van der Waals surface area (Å²) >= 11 is 0. The van der Waals surface area contributed by atoms with Crippen LogP contribution in [0, 0.1) is 0 Å². The number of carbonyl (C=O) groups is 1. The SMILES string of the molecule is CS(=O)(=O)c1ccc(C(=O)N2CCCCC2CCN)cc1. The van der Waals surface area contributed by atoms with Gasteiger partial charge in [-0.05, 0) is 56.5 Å². The second kappa shape index (κ2) is 6.58. The lowest BCUT2D eigenvalue weighted by molar-refractivity contribution is 0.0605. The Bertz CT molecular complexity index is 594. The number of rotatable bonds is 4. The summed E-state index contributed by atoms with van der Waals surface area (Å²) in [6.07, 6.45) is 5.10. The summed E-state index contributed by atoms with van der Waals surface area (Å²) in [4.78, 5) is 14.7. The summed E-state index contributed by atoms with van der Waals surface area (Å²) in [5, 5.41) is 0. The minimum atomic E-state index is -3.23. The number of hydrogen-bond acceptors (Lipinski definition) is 4. The zero-order valence-corrected chi connectivity index (χ0v) is 13.1. The van der Waals surface area contributed by atoms with E-state index >= 15 is 0 Å². The highest BCUT2D eigenvalue weighted by atomic mass is 32.2. The smallest absolute Gasteiger partial charge is 0.254 e. The molecule has 0 bridgehead atoms. The number of likely N-dealkylation sites (tertiary alicyclic amines) is 1. The maximum absolute atomic E-state index is 12.6. The van der Waals surface area contributed by atoms with Gasteiger partial charge in [-0.25, -0.2) is 8.42 Å². The number of piperidine rings is 1. The highest BCUT2D eigenvalue weighted by molar-refractivity contribution is 7.90. The number of amides is 1. The largest absolute Gasteiger partial charge is 0.336 e. The van der Waals surface area contributed by atoms with Gasteiger partial charge in [0.1, 0.15) is 0 Å². The van der Waals surface area contributed by atoms with Gasteiger partial charge in [-0.2, -0.15) is 0 Å². The number of sulfone groups is 1. The summed E-state index contributed by atoms with van der Waals surface area (Å²) < 4.78 is 22.9. The molecule has 1 heterocycles. The van der Waals surface area contributed by atoms with E-state index in [1.807, 2.05) is 4.90 Å². The Morgan fingerprint density at radius 1 is 1.29 bits per heavy atom. The van der Waals surface area contributed by atoms with Crippen molar-refractivity contribution in [2.75, 3.05) is 19.3 Å². The lowest BCUT2D eigenvalue weighted by Gasteiger charge is -2.35. The van der Waals surface area contributed by atoms with Crippen molar-refractivity contribution < 1.29 is 13.2 Å². The normalized spacial score (nSPS) is 19.5. The van der Waals surface area contributed by atoms with Crippen LogP contribution < -0.4 is 5.73 Å². The number of nitrogens with zero attached hydrogens (tertiary/aromatic N) is 1. The summed E-state index contributed by atoms with van der Waals surface area (Å²) in [5.41, 5.74) is 6.16. The molecule has 116 valence electrons. The van der Waals surface area contributed by atoms with Crippen LogP contribution in [0.25, 0.3) is 0 Å². The molecule has 1 aromatic rings. The van der Waals surface area contributed by atoms with Gasteiger partial charge in [0.15, 0.2) is 9.84 Å². The molecule has 21 heavy (non-hydrogen) atoms. The fourth-order valence-corrected chi connectivity index (χ4v) is 3.40. The molecule has 1 atom stereocenters. The van der Waals surface area contributed by atoms with Crippen LogP contribution in [0.15, 0.2) is 29.2 Å². The lowest BCUT2D eigenvalue weighted by atomic mass is 9.98. The van der Waals surface area contributed by atoms with Crippen LogP contribution in [0.1, 0.15) is 36.0 Å². The topological polar surface area (TPSA) is 80.5 Å². The first kappa shape index (κ1) is 16.0. The van der Waals surface area contributed by atoms with E-state index in [-0.39, 0.29) is 16.8 Å². The average molecular weight is 310 g/mol. The van der Waals surface area contributed by atoms with Crippen LogP contribution in [0.5, 0.6) is 0 Å². The third kappa shape index (κ3) is 3.83. The van der Waals surface area contributed by atoms with Gasteiger partial charge in [0, 0.05) is 24.4 Å². The quantitative estimate of drug-likeness (QED) is 0.912. The van der Waals surface area contributed by atoms with Crippen molar-refractivity contribution in [1.29, 1.82) is 0 Å². The molecular weight excluding hydrogens is 288 g/mol. The molecule has 1 unspecified atom stereocenters. The average Bonchev–Trinajstić information content (AvgIpc) is 2.47. The van der Waals surface area contributed by atoms with E-state index < -0.39 is 9.84 Å². The monoisotopic (exact) mass is 310 g/mol. The highest BCUT2D eigenvalue weighted by Crippen LogP contribution is 2.22. The molecule has 1 aliphatic heterocycles. The Morgan fingerprint density at radius 2 is 1.95 bits per heavy atom. The predicted molar refractivity (Wildman–Crippen MR) is 81.9 cm³/mol. The fourth-order valence-electron chi connectivity index (χ4n) is 2.77. The Balaban J connectivity index is 2.18. The van der Waals surface area contributed by atoms with Crippen molar-refractivity contribution in [2.24, 2.45) is 5.73 Å². The molecule has 0 spiro atoms. The van der Waals surface area contributed by atoms with Gasteiger partial charge >= 0.3 is 0 Å². The third-order valence-corrected chi connectivity index (χ3v) is 5.05. The van der Waals surface area contributed by atoms with E-state index in [0.29, 0.717) is 12.1 Å². The number of carbonyl (C=O) groups excluding carboxylic acids is 1. The maximum atomic E-state index is 12.6. The van der Waals surface area contributed by atoms with Crippen molar-refractivity contribution in [1.82, 2.24) is 4.90 Å². The van der Waals surface area contributed by atoms with Gasteiger partial charge in [0.05, 0.1) is 4.90 Å². The van der Waals surface area contributed by atoms with Gasteiger partial charge < -0.3 is 10.6 Å². The van der Waals surface area contributed by atoms with Crippen LogP contribution in [-0.2, 0) is 9.84 Å². The van der Waals surface area contributed by atoms with Crippen molar-refractivity contribution in [3.8, 4) is 0 Å². The van der Waals surface area contributed by atoms with Crippen molar-refractivity contribution >= 4 is 15.7 Å². The lowest BCUT2D eigenvalue weighted by Crippen LogP contribution is -2.44. The van der Waals surface area contributed by atoms with E-state index in [2.05, 4.69) is 0 Å². The van der Waals surface area contributed by atoms with Crippen molar-refractivity contribution in [2.45, 2.75) is 36.6 Å². The molecule has 0 aliphatic carbocycles. The van der Waals surface area contributed by atoms with E-state index in [9.17, 15) is 13.2 Å². The molecule has 1 aromatic carbocycles. The molecule has 2 N–H and O–H groups in total. The van der Waals surface area contributed by atoms with Crippen LogP contribution in [-0.4, -0.2) is 44.6 Å². The zero-order valence-electron chi connectivity index (χ0n) is 12.3. The zero-order chi connectivity index (χ0) is 15.5. The highest BCUT2D eigenvalue weighted by Gasteiger charge is 2.26. The van der Waals surface area contributed by atoms with Gasteiger partial charge in [-0.3, -0.25) is 4.79 Å². The molecule has 0 saturated carbocycles. The minimum Gasteiger partial charge on any atom is -0.336 e. The number of hydrogen-bond donors (Lipinski definition) is 1. The molecule has 0 aromatic heterocycles. The molecule has 6 heteroatoms. The second-order valence-electron chi connectivity index (χ2n) is 5.52. The van der Waals surface area contributed by atoms with E-state index in [1.165, 1.54) is 12.1 Å². The first-order chi connectivity index (χ1) is 9.93. The van der Waals surface area contributed by atoms with E-state index in [1.54, 1.807) is 12.1 Å². The summed E-state index contributed by atoms with van der Waals surface area (Å²) in [5.74, 6) is -0.0341. The molecular formula is C15H22N2O3S. The summed E-state index contributed by atoms with van der Waals surface area (Å²) in [6.45, 7) is 1.32.